The summed E-state index contributed by atoms with van der Waals surface area (Å²) in [5.74, 6) is -3.51. The standard InChI is InChI=1S/C44H59N3O7/c1-9-11-22-34(49)45-29(3)37(31-20-16-13-17-21-31)53-41(52)35-33-23-24-44(54-33)36(35)39(50)47(32(27-48)26-30-18-14-12-15-19-30)38(44)40(51)46(25-10-2)43(7,8)28-42(4,5)6/h9-10,12-21,29,32-33,35-38,48H,1-2,11,22-28H2,3-8H3,(H,45,49)/t29-,32+,33+,35-,36-,37-,38+,44-/m0/s1. The number of rotatable bonds is 17. The van der Waals surface area contributed by atoms with Crippen molar-refractivity contribution < 1.29 is 33.8 Å². The summed E-state index contributed by atoms with van der Waals surface area (Å²) in [5.41, 5.74) is -0.470. The highest BCUT2D eigenvalue weighted by molar-refractivity contribution is 5.98. The Kier molecular flexibility index (Phi) is 12.6. The van der Waals surface area contributed by atoms with Gasteiger partial charge in [0.05, 0.1) is 36.6 Å². The minimum Gasteiger partial charge on any atom is -0.455 e. The van der Waals surface area contributed by atoms with Crippen LogP contribution in [0, 0.1) is 17.3 Å². The number of esters is 1. The van der Waals surface area contributed by atoms with Crippen LogP contribution >= 0.6 is 0 Å². The molecule has 0 unspecified atom stereocenters. The zero-order chi connectivity index (χ0) is 39.4. The first-order chi connectivity index (χ1) is 25.6. The average molecular weight is 742 g/mol. The first-order valence-corrected chi connectivity index (χ1v) is 19.3. The molecule has 0 aromatic heterocycles. The van der Waals surface area contributed by atoms with Crippen molar-refractivity contribution >= 4 is 23.7 Å². The molecule has 3 heterocycles. The summed E-state index contributed by atoms with van der Waals surface area (Å²) in [6.07, 6.45) is 4.46. The Morgan fingerprint density at radius 3 is 2.30 bits per heavy atom. The molecule has 54 heavy (non-hydrogen) atoms. The molecule has 10 heteroatoms. The van der Waals surface area contributed by atoms with E-state index < -0.39 is 71.8 Å². The van der Waals surface area contributed by atoms with Gasteiger partial charge in [0, 0.05) is 18.5 Å². The van der Waals surface area contributed by atoms with E-state index in [0.717, 1.165) is 5.56 Å². The van der Waals surface area contributed by atoms with Gasteiger partial charge in [-0.05, 0) is 69.4 Å². The van der Waals surface area contributed by atoms with Gasteiger partial charge in [-0.3, -0.25) is 19.2 Å². The van der Waals surface area contributed by atoms with Gasteiger partial charge in [-0.2, -0.15) is 0 Å². The second kappa shape index (κ2) is 16.6. The van der Waals surface area contributed by atoms with Gasteiger partial charge in [-0.25, -0.2) is 0 Å². The molecule has 3 fully saturated rings. The fourth-order valence-electron chi connectivity index (χ4n) is 9.41. The van der Waals surface area contributed by atoms with Crippen molar-refractivity contribution in [3.63, 3.8) is 0 Å². The van der Waals surface area contributed by atoms with Crippen molar-refractivity contribution in [2.75, 3.05) is 13.2 Å². The molecule has 5 rings (SSSR count). The van der Waals surface area contributed by atoms with E-state index in [1.165, 1.54) is 4.90 Å². The fourth-order valence-corrected chi connectivity index (χ4v) is 9.41. The minimum absolute atomic E-state index is 0.120. The lowest BCUT2D eigenvalue weighted by Gasteiger charge is -2.46. The first kappa shape index (κ1) is 40.9. The highest BCUT2D eigenvalue weighted by Crippen LogP contribution is 2.59. The van der Waals surface area contributed by atoms with Crippen molar-refractivity contribution in [1.29, 1.82) is 0 Å². The maximum Gasteiger partial charge on any atom is 0.313 e. The normalized spacial score (nSPS) is 25.0. The van der Waals surface area contributed by atoms with Gasteiger partial charge in [0.1, 0.15) is 17.7 Å². The number of nitrogens with zero attached hydrogens (tertiary/aromatic N) is 2. The van der Waals surface area contributed by atoms with Gasteiger partial charge in [-0.1, -0.05) is 93.6 Å². The Morgan fingerprint density at radius 1 is 1.06 bits per heavy atom. The molecule has 1 spiro atoms. The molecular formula is C44H59N3O7. The molecule has 3 amide bonds. The van der Waals surface area contributed by atoms with Crippen LogP contribution in [0.3, 0.4) is 0 Å². The third-order valence-corrected chi connectivity index (χ3v) is 11.2. The summed E-state index contributed by atoms with van der Waals surface area (Å²) >= 11 is 0. The van der Waals surface area contributed by atoms with Crippen LogP contribution in [0.1, 0.15) is 90.9 Å². The third-order valence-electron chi connectivity index (χ3n) is 11.2. The molecule has 292 valence electrons. The molecule has 8 atom stereocenters. The number of ether oxygens (including phenoxy) is 2. The van der Waals surface area contributed by atoms with E-state index in [9.17, 15) is 14.7 Å². The smallest absolute Gasteiger partial charge is 0.313 e. The van der Waals surface area contributed by atoms with Crippen molar-refractivity contribution in [3.05, 3.63) is 97.1 Å². The monoisotopic (exact) mass is 741 g/mol. The largest absolute Gasteiger partial charge is 0.455 e. The van der Waals surface area contributed by atoms with Crippen LogP contribution in [0.25, 0.3) is 0 Å². The number of likely N-dealkylation sites (tertiary alicyclic amines) is 1. The highest BCUT2D eigenvalue weighted by Gasteiger charge is 2.76. The van der Waals surface area contributed by atoms with E-state index in [4.69, 9.17) is 9.47 Å². The maximum atomic E-state index is 15.3. The number of benzene rings is 2. The zero-order valence-electron chi connectivity index (χ0n) is 32.8. The summed E-state index contributed by atoms with van der Waals surface area (Å²) in [4.78, 5) is 61.0. The SMILES string of the molecule is C=CCCC(=O)N[C@@H](C)[C@H](OC(=O)[C@@H]1[C@H]2C(=O)N([C@@H](CO)Cc3ccccc3)[C@H](C(=O)N(CC=C)C(C)(C)CC(C)(C)C)[C@]23CC[C@H]1O3)c1ccccc1. The van der Waals surface area contributed by atoms with Crippen LogP contribution in [0.15, 0.2) is 86.0 Å². The van der Waals surface area contributed by atoms with E-state index >= 15 is 9.59 Å². The second-order valence-electron chi connectivity index (χ2n) is 17.1. The van der Waals surface area contributed by atoms with Crippen molar-refractivity contribution in [2.24, 2.45) is 17.3 Å². The number of aliphatic hydroxyl groups is 1. The number of nitrogens with one attached hydrogen (secondary N) is 1. The van der Waals surface area contributed by atoms with E-state index in [0.29, 0.717) is 37.7 Å². The van der Waals surface area contributed by atoms with E-state index in [-0.39, 0.29) is 30.2 Å². The Hall–Kier alpha value is -4.28. The number of hydrogen-bond donors (Lipinski definition) is 2. The van der Waals surface area contributed by atoms with Gasteiger partial charge in [-0.15, -0.1) is 13.2 Å². The predicted molar refractivity (Wildman–Crippen MR) is 208 cm³/mol. The summed E-state index contributed by atoms with van der Waals surface area (Å²) in [6, 6.07) is 16.3. The van der Waals surface area contributed by atoms with Gasteiger partial charge in [0.15, 0.2) is 0 Å². The van der Waals surface area contributed by atoms with Crippen LogP contribution in [-0.2, 0) is 35.1 Å². The number of hydrogen-bond acceptors (Lipinski definition) is 7. The molecule has 10 nitrogen and oxygen atoms in total. The Labute approximate surface area is 321 Å². The fraction of sp³-hybridized carbons (Fsp3) is 0.545. The lowest BCUT2D eigenvalue weighted by Crippen LogP contribution is -2.62. The summed E-state index contributed by atoms with van der Waals surface area (Å²) in [6.45, 7) is 19.7. The summed E-state index contributed by atoms with van der Waals surface area (Å²) in [7, 11) is 0. The molecule has 2 aromatic rings. The van der Waals surface area contributed by atoms with Gasteiger partial charge in [0.25, 0.3) is 0 Å². The van der Waals surface area contributed by atoms with Crippen molar-refractivity contribution in [1.82, 2.24) is 15.1 Å². The quantitative estimate of drug-likeness (QED) is 0.152. The first-order valence-electron chi connectivity index (χ1n) is 19.3. The van der Waals surface area contributed by atoms with E-state index in [1.54, 1.807) is 24.0 Å². The number of aliphatic hydroxyl groups excluding tert-OH is 1. The van der Waals surface area contributed by atoms with Crippen LogP contribution in [0.5, 0.6) is 0 Å². The minimum atomic E-state index is -1.31. The molecule has 0 aliphatic carbocycles. The summed E-state index contributed by atoms with van der Waals surface area (Å²) in [5, 5.41) is 13.9. The lowest BCUT2D eigenvalue weighted by molar-refractivity contribution is -0.163. The van der Waals surface area contributed by atoms with E-state index in [2.05, 4.69) is 39.2 Å². The topological polar surface area (TPSA) is 125 Å². The molecule has 0 saturated carbocycles. The Balaban J connectivity index is 1.55. The van der Waals surface area contributed by atoms with E-state index in [1.807, 2.05) is 74.5 Å². The predicted octanol–water partition coefficient (Wildman–Crippen LogP) is 5.95. The molecule has 2 aromatic carbocycles. The van der Waals surface area contributed by atoms with Crippen LogP contribution in [0.4, 0.5) is 0 Å². The zero-order valence-corrected chi connectivity index (χ0v) is 32.8. The summed E-state index contributed by atoms with van der Waals surface area (Å²) < 4.78 is 13.1. The Bertz CT molecular complexity index is 1670. The van der Waals surface area contributed by atoms with Crippen molar-refractivity contribution in [3.8, 4) is 0 Å². The molecule has 2 N–H and O–H groups in total. The highest BCUT2D eigenvalue weighted by atomic mass is 16.6. The number of fused-ring (bicyclic) bond motifs is 1. The van der Waals surface area contributed by atoms with Crippen LogP contribution < -0.4 is 5.32 Å². The van der Waals surface area contributed by atoms with Crippen LogP contribution in [-0.4, -0.2) is 87.1 Å². The van der Waals surface area contributed by atoms with Gasteiger partial charge < -0.3 is 29.7 Å². The molecular weight excluding hydrogens is 682 g/mol. The second-order valence-corrected chi connectivity index (χ2v) is 17.1. The number of carbonyl (C=O) groups excluding carboxylic acids is 4. The third kappa shape index (κ3) is 8.35. The van der Waals surface area contributed by atoms with Crippen molar-refractivity contribution in [2.45, 2.75) is 122 Å². The van der Waals surface area contributed by atoms with Gasteiger partial charge in [0.2, 0.25) is 17.7 Å². The Morgan fingerprint density at radius 2 is 1.70 bits per heavy atom. The van der Waals surface area contributed by atoms with Crippen LogP contribution in [0.2, 0.25) is 0 Å². The number of amides is 3. The molecule has 3 aliphatic rings. The molecule has 2 bridgehead atoms. The number of carbonyl (C=O) groups is 4. The lowest BCUT2D eigenvalue weighted by atomic mass is 9.70. The molecule has 0 radical (unpaired) electrons. The molecule has 3 saturated heterocycles. The maximum absolute atomic E-state index is 15.3. The number of allylic oxidation sites excluding steroid dienone is 1. The van der Waals surface area contributed by atoms with Gasteiger partial charge >= 0.3 is 5.97 Å². The molecule has 3 aliphatic heterocycles. The average Bonchev–Trinajstić information content (AvgIpc) is 3.77.